The van der Waals surface area contributed by atoms with E-state index in [1.807, 2.05) is 45.3 Å². The van der Waals surface area contributed by atoms with Gasteiger partial charge in [0, 0.05) is 60.6 Å². The van der Waals surface area contributed by atoms with Crippen molar-refractivity contribution >= 4 is 65.5 Å². The number of benzene rings is 1. The molecule has 0 aliphatic rings. The molecule has 0 saturated carbocycles. The number of thiophene rings is 4. The number of hydrogen-bond acceptors (Lipinski definition) is 4. The zero-order valence-electron chi connectivity index (χ0n) is 24.2. The molecule has 0 fully saturated rings. The van der Waals surface area contributed by atoms with Gasteiger partial charge in [-0.2, -0.15) is 0 Å². The van der Waals surface area contributed by atoms with Gasteiger partial charge >= 0.3 is 0 Å². The Bertz CT molecular complexity index is 1480. The normalized spacial score (nSPS) is 13.5. The van der Waals surface area contributed by atoms with Crippen LogP contribution in [-0.4, -0.2) is 0 Å². The van der Waals surface area contributed by atoms with Crippen molar-refractivity contribution in [2.45, 2.75) is 98.3 Å². The highest BCUT2D eigenvalue weighted by Crippen LogP contribution is 2.54. The lowest BCUT2D eigenvalue weighted by Crippen LogP contribution is -2.07. The van der Waals surface area contributed by atoms with E-state index in [9.17, 15) is 0 Å². The Hall–Kier alpha value is -1.46. The molecule has 0 radical (unpaired) electrons. The van der Waals surface area contributed by atoms with Crippen LogP contribution in [0.15, 0.2) is 36.4 Å². The third-order valence-corrected chi connectivity index (χ3v) is 13.1. The van der Waals surface area contributed by atoms with Crippen molar-refractivity contribution in [2.24, 2.45) is 0 Å². The van der Waals surface area contributed by atoms with Crippen LogP contribution in [0.25, 0.3) is 41.1 Å². The van der Waals surface area contributed by atoms with Crippen LogP contribution < -0.4 is 0 Å². The fourth-order valence-corrected chi connectivity index (χ4v) is 9.61. The third kappa shape index (κ3) is 4.88. The number of hydrogen-bond donors (Lipinski definition) is 0. The zero-order valence-corrected chi connectivity index (χ0v) is 27.4. The summed E-state index contributed by atoms with van der Waals surface area (Å²) in [4.78, 5) is 8.66. The molecule has 0 N–H and O–H groups in total. The van der Waals surface area contributed by atoms with Gasteiger partial charge in [-0.15, -0.1) is 45.3 Å². The first-order valence-corrected chi connectivity index (χ1v) is 16.6. The molecule has 0 aliphatic carbocycles. The fraction of sp³-hybridized carbons (Fsp3) is 0.455. The van der Waals surface area contributed by atoms with Crippen LogP contribution in [-0.2, 0) is 16.2 Å². The summed E-state index contributed by atoms with van der Waals surface area (Å²) < 4.78 is 2.91. The Balaban J connectivity index is 1.93. The summed E-state index contributed by atoms with van der Waals surface area (Å²) >= 11 is 7.98. The minimum Gasteiger partial charge on any atom is -0.140 e. The van der Waals surface area contributed by atoms with E-state index in [1.54, 1.807) is 0 Å². The van der Waals surface area contributed by atoms with Crippen molar-refractivity contribution < 1.29 is 0 Å². The maximum atomic E-state index is 2.52. The van der Waals surface area contributed by atoms with E-state index in [-0.39, 0.29) is 16.2 Å². The van der Waals surface area contributed by atoms with Crippen LogP contribution >= 0.6 is 45.3 Å². The summed E-state index contributed by atoms with van der Waals surface area (Å²) in [6.07, 6.45) is 0. The average Bonchev–Trinajstić information content (AvgIpc) is 3.55. The van der Waals surface area contributed by atoms with Gasteiger partial charge < -0.3 is 0 Å². The lowest BCUT2D eigenvalue weighted by atomic mass is 9.92. The Labute approximate surface area is 239 Å². The van der Waals surface area contributed by atoms with Crippen molar-refractivity contribution in [1.82, 2.24) is 0 Å². The van der Waals surface area contributed by atoms with Gasteiger partial charge in [0.05, 0.1) is 0 Å². The summed E-state index contributed by atoms with van der Waals surface area (Å²) in [5.74, 6) is 0.517. The smallest absolute Gasteiger partial charge is 0.0446 e. The molecule has 5 rings (SSSR count). The molecule has 0 nitrogen and oxygen atoms in total. The standard InChI is InChI=1S/C33H40S4/c1-18(2)23-16-19-27(21-12-14-24(34-21)31(3,4)5)30-20(17-26(37-30)33(9,10)11)28(29(19)36-23)22-13-15-25(35-22)32(6,7)8/h12-18H,1-11H3. The van der Waals surface area contributed by atoms with E-state index < -0.39 is 0 Å². The van der Waals surface area contributed by atoms with Gasteiger partial charge in [0.1, 0.15) is 0 Å². The predicted molar refractivity (Wildman–Crippen MR) is 174 cm³/mol. The van der Waals surface area contributed by atoms with Crippen LogP contribution in [0.3, 0.4) is 0 Å². The maximum absolute atomic E-state index is 2.52. The first-order chi connectivity index (χ1) is 17.1. The van der Waals surface area contributed by atoms with E-state index >= 15 is 0 Å². The molecule has 0 spiro atoms. The minimum absolute atomic E-state index is 0.118. The van der Waals surface area contributed by atoms with Gasteiger partial charge in [-0.25, -0.2) is 0 Å². The summed E-state index contributed by atoms with van der Waals surface area (Å²) in [6, 6.07) is 14.5. The first-order valence-electron chi connectivity index (χ1n) is 13.3. The second kappa shape index (κ2) is 9.05. The molecule has 0 bridgehead atoms. The molecular weight excluding hydrogens is 525 g/mol. The minimum atomic E-state index is 0.118. The van der Waals surface area contributed by atoms with E-state index in [1.165, 1.54) is 60.6 Å². The van der Waals surface area contributed by atoms with E-state index in [0.717, 1.165) is 0 Å². The van der Waals surface area contributed by atoms with Gasteiger partial charge in [0.2, 0.25) is 0 Å². The van der Waals surface area contributed by atoms with Crippen LogP contribution in [0.5, 0.6) is 0 Å². The molecule has 1 aromatic carbocycles. The Morgan fingerprint density at radius 3 is 1.35 bits per heavy atom. The van der Waals surface area contributed by atoms with Crippen LogP contribution in [0, 0.1) is 0 Å². The molecule has 0 aliphatic heterocycles. The van der Waals surface area contributed by atoms with Gasteiger partial charge in [-0.05, 0) is 58.6 Å². The zero-order chi connectivity index (χ0) is 27.1. The summed E-state index contributed by atoms with van der Waals surface area (Å²) in [6.45, 7) is 25.7. The van der Waals surface area contributed by atoms with E-state index in [4.69, 9.17) is 0 Å². The second-order valence-corrected chi connectivity index (χ2v) is 18.0. The van der Waals surface area contributed by atoms with Crippen molar-refractivity contribution in [1.29, 1.82) is 0 Å². The van der Waals surface area contributed by atoms with E-state index in [2.05, 4.69) is 113 Å². The molecule has 4 aromatic heterocycles. The SMILES string of the molecule is CC(C)c1cc2c(-c3ccc(C(C)(C)C)s3)c3sc(C(C)(C)C)cc3c(-c3ccc(C(C)(C)C)s3)c2s1. The predicted octanol–water partition coefficient (Wildman–Crippen LogP) is 12.6. The van der Waals surface area contributed by atoms with Crippen LogP contribution in [0.1, 0.15) is 102 Å². The molecule has 0 atom stereocenters. The quantitative estimate of drug-likeness (QED) is 0.204. The largest absolute Gasteiger partial charge is 0.140 e. The Kier molecular flexibility index (Phi) is 6.63. The summed E-state index contributed by atoms with van der Waals surface area (Å²) in [5, 5.41) is 2.87. The maximum Gasteiger partial charge on any atom is 0.0446 e. The number of fused-ring (bicyclic) bond motifs is 2. The lowest BCUT2D eigenvalue weighted by molar-refractivity contribution is 0.603. The van der Waals surface area contributed by atoms with Gasteiger partial charge in [-0.3, -0.25) is 0 Å². The number of rotatable bonds is 3. The third-order valence-electron chi connectivity index (χ3n) is 6.97. The van der Waals surface area contributed by atoms with Gasteiger partial charge in [0.15, 0.2) is 0 Å². The van der Waals surface area contributed by atoms with Gasteiger partial charge in [0.25, 0.3) is 0 Å². The van der Waals surface area contributed by atoms with Crippen LogP contribution in [0.4, 0.5) is 0 Å². The van der Waals surface area contributed by atoms with Crippen molar-refractivity contribution in [3.8, 4) is 20.9 Å². The molecular formula is C33H40S4. The van der Waals surface area contributed by atoms with Crippen LogP contribution in [0.2, 0.25) is 0 Å². The molecule has 0 amide bonds. The highest BCUT2D eigenvalue weighted by molar-refractivity contribution is 7.24. The molecule has 0 unspecified atom stereocenters. The van der Waals surface area contributed by atoms with E-state index in [0.29, 0.717) is 5.92 Å². The summed E-state index contributed by atoms with van der Waals surface area (Å²) in [7, 11) is 0. The summed E-state index contributed by atoms with van der Waals surface area (Å²) in [5.41, 5.74) is 3.33. The molecule has 0 saturated heterocycles. The topological polar surface area (TPSA) is 0 Å². The monoisotopic (exact) mass is 564 g/mol. The molecule has 196 valence electrons. The van der Waals surface area contributed by atoms with Crippen molar-refractivity contribution in [3.05, 3.63) is 55.9 Å². The molecule has 37 heavy (non-hydrogen) atoms. The van der Waals surface area contributed by atoms with Gasteiger partial charge in [-0.1, -0.05) is 76.2 Å². The average molecular weight is 565 g/mol. The Morgan fingerprint density at radius 2 is 0.946 bits per heavy atom. The molecule has 5 aromatic rings. The first kappa shape index (κ1) is 27.1. The Morgan fingerprint density at radius 1 is 0.514 bits per heavy atom. The lowest BCUT2D eigenvalue weighted by Gasteiger charge is -2.16. The molecule has 4 heterocycles. The second-order valence-electron chi connectivity index (χ2n) is 13.7. The molecule has 4 heteroatoms. The fourth-order valence-electron chi connectivity index (χ4n) is 4.68. The highest BCUT2D eigenvalue weighted by Gasteiger charge is 2.28. The highest BCUT2D eigenvalue weighted by atomic mass is 32.1. The van der Waals surface area contributed by atoms with Crippen molar-refractivity contribution in [3.63, 3.8) is 0 Å². The van der Waals surface area contributed by atoms with Crippen molar-refractivity contribution in [2.75, 3.05) is 0 Å².